The Morgan fingerprint density at radius 3 is 1.55 bits per heavy atom. The molecular formula is C18H14BrN. The summed E-state index contributed by atoms with van der Waals surface area (Å²) < 4.78 is 81.5. The predicted octanol–water partition coefficient (Wildman–Crippen LogP) is 5.92. The van der Waals surface area contributed by atoms with Gasteiger partial charge >= 0.3 is 0 Å². The molecule has 0 fully saturated rings. The van der Waals surface area contributed by atoms with Crippen molar-refractivity contribution in [3.8, 4) is 0 Å². The summed E-state index contributed by atoms with van der Waals surface area (Å²) in [4.78, 5) is 1.10. The molecule has 98 valence electrons. The minimum atomic E-state index is -0.597. The molecule has 0 radical (unpaired) electrons. The average Bonchev–Trinajstić information content (AvgIpc) is 2.73. The van der Waals surface area contributed by atoms with Crippen LogP contribution in [0.15, 0.2) is 89.2 Å². The molecule has 0 spiro atoms. The highest BCUT2D eigenvalue weighted by molar-refractivity contribution is 9.10. The molecule has 0 N–H and O–H groups in total. The fourth-order valence-corrected chi connectivity index (χ4v) is 1.93. The number of anilines is 3. The number of benzene rings is 3. The van der Waals surface area contributed by atoms with Crippen molar-refractivity contribution in [3.05, 3.63) is 89.2 Å². The zero-order chi connectivity index (χ0) is 22.5. The molecule has 2 heteroatoms. The third kappa shape index (κ3) is 2.75. The molecule has 0 aromatic heterocycles. The van der Waals surface area contributed by atoms with Gasteiger partial charge in [-0.25, -0.2) is 0 Å². The van der Waals surface area contributed by atoms with E-state index in [1.165, 1.54) is 0 Å². The highest BCUT2D eigenvalue weighted by Gasteiger charge is 2.10. The van der Waals surface area contributed by atoms with E-state index in [1.54, 1.807) is 24.3 Å². The Balaban J connectivity index is 2.50. The molecule has 0 aliphatic rings. The molecule has 0 saturated heterocycles. The average molecular weight is 334 g/mol. The lowest BCUT2D eigenvalue weighted by Crippen LogP contribution is -2.09. The first-order chi connectivity index (χ1) is 14.0. The summed E-state index contributed by atoms with van der Waals surface area (Å²) in [6, 6.07) is 0.549. The van der Waals surface area contributed by atoms with E-state index in [0.29, 0.717) is 4.47 Å². The molecule has 0 aliphatic carbocycles. The Morgan fingerprint density at radius 1 is 0.650 bits per heavy atom. The highest BCUT2D eigenvalue weighted by Crippen LogP contribution is 2.34. The molecule has 0 heterocycles. The molecule has 0 amide bonds. The van der Waals surface area contributed by atoms with E-state index in [4.69, 9.17) is 13.7 Å². The van der Waals surface area contributed by atoms with Gasteiger partial charge in [0.25, 0.3) is 0 Å². The quantitative estimate of drug-likeness (QED) is 0.575. The Kier molecular flexibility index (Phi) is 1.70. The summed E-state index contributed by atoms with van der Waals surface area (Å²) in [5.74, 6) is 0. The van der Waals surface area contributed by atoms with Gasteiger partial charge in [-0.15, -0.1) is 0 Å². The zero-order valence-corrected chi connectivity index (χ0v) is 11.7. The molecule has 3 rings (SSSR count). The van der Waals surface area contributed by atoms with E-state index in [1.807, 2.05) is 0 Å². The second-order valence-electron chi connectivity index (χ2n) is 3.76. The van der Waals surface area contributed by atoms with E-state index in [0.717, 1.165) is 4.90 Å². The van der Waals surface area contributed by atoms with Crippen LogP contribution in [0, 0.1) is 0 Å². The van der Waals surface area contributed by atoms with Gasteiger partial charge in [-0.1, -0.05) is 52.2 Å². The van der Waals surface area contributed by atoms with Crippen molar-refractivity contribution in [3.63, 3.8) is 0 Å². The monoisotopic (exact) mass is 333 g/mol. The van der Waals surface area contributed by atoms with Crippen LogP contribution in [0.4, 0.5) is 17.1 Å². The van der Waals surface area contributed by atoms with Gasteiger partial charge < -0.3 is 4.90 Å². The summed E-state index contributed by atoms with van der Waals surface area (Å²) >= 11 is 3.29. The van der Waals surface area contributed by atoms with Gasteiger partial charge in [-0.2, -0.15) is 0 Å². The SMILES string of the molecule is [2H]c1c([2H])c([2H])c(N(c2ccc(Br)cc2)c2c([2H])c([2H])c([2H])c([2H])c2[2H])c([2H])c1[2H]. The Labute approximate surface area is 141 Å². The highest BCUT2D eigenvalue weighted by atomic mass is 79.9. The van der Waals surface area contributed by atoms with Gasteiger partial charge in [0.2, 0.25) is 0 Å². The third-order valence-corrected chi connectivity index (χ3v) is 3.03. The first kappa shape index (κ1) is 5.74. The molecule has 0 saturated carbocycles. The minimum absolute atomic E-state index is 0.260. The van der Waals surface area contributed by atoms with Crippen molar-refractivity contribution >= 4 is 33.0 Å². The van der Waals surface area contributed by atoms with Crippen LogP contribution in [0.25, 0.3) is 0 Å². The van der Waals surface area contributed by atoms with Crippen LogP contribution in [-0.2, 0) is 0 Å². The van der Waals surface area contributed by atoms with Crippen LogP contribution in [-0.4, -0.2) is 0 Å². The number of hydrogen-bond acceptors (Lipinski definition) is 1. The first-order valence-corrected chi connectivity index (χ1v) is 6.47. The summed E-state index contributed by atoms with van der Waals surface area (Å²) in [5, 5.41) is 0. The summed E-state index contributed by atoms with van der Waals surface area (Å²) in [6.07, 6.45) is 0. The molecule has 0 atom stereocenters. The van der Waals surface area contributed by atoms with E-state index in [9.17, 15) is 0 Å². The largest absolute Gasteiger partial charge is 0.311 e. The first-order valence-electron chi connectivity index (χ1n) is 10.7. The van der Waals surface area contributed by atoms with Crippen molar-refractivity contribution < 1.29 is 13.7 Å². The van der Waals surface area contributed by atoms with Gasteiger partial charge in [0, 0.05) is 21.5 Å². The number of hydrogen-bond donors (Lipinski definition) is 0. The number of nitrogens with zero attached hydrogens (tertiary/aromatic N) is 1. The van der Waals surface area contributed by atoms with Gasteiger partial charge in [0.15, 0.2) is 0 Å². The fourth-order valence-electron chi connectivity index (χ4n) is 1.67. The van der Waals surface area contributed by atoms with Crippen LogP contribution in [0.2, 0.25) is 0 Å². The second-order valence-corrected chi connectivity index (χ2v) is 4.67. The molecule has 0 aliphatic heterocycles. The van der Waals surface area contributed by atoms with E-state index < -0.39 is 60.4 Å². The molecule has 3 aromatic carbocycles. The van der Waals surface area contributed by atoms with Crippen molar-refractivity contribution in [2.45, 2.75) is 0 Å². The predicted molar refractivity (Wildman–Crippen MR) is 88.8 cm³/mol. The molecule has 20 heavy (non-hydrogen) atoms. The summed E-state index contributed by atoms with van der Waals surface area (Å²) in [5.41, 5.74) is -0.376. The van der Waals surface area contributed by atoms with Gasteiger partial charge in [0.1, 0.15) is 0 Å². The van der Waals surface area contributed by atoms with Gasteiger partial charge in [-0.3, -0.25) is 0 Å². The van der Waals surface area contributed by atoms with Crippen LogP contribution in [0.1, 0.15) is 13.7 Å². The van der Waals surface area contributed by atoms with E-state index >= 15 is 0 Å². The molecule has 0 bridgehead atoms. The summed E-state index contributed by atoms with van der Waals surface area (Å²) in [6.45, 7) is 0. The van der Waals surface area contributed by atoms with Crippen molar-refractivity contribution in [2.24, 2.45) is 0 Å². The minimum Gasteiger partial charge on any atom is -0.311 e. The lowest BCUT2D eigenvalue weighted by Gasteiger charge is -2.25. The van der Waals surface area contributed by atoms with Crippen LogP contribution < -0.4 is 4.90 Å². The van der Waals surface area contributed by atoms with Crippen LogP contribution >= 0.6 is 15.9 Å². The van der Waals surface area contributed by atoms with Crippen molar-refractivity contribution in [1.29, 1.82) is 0 Å². The van der Waals surface area contributed by atoms with Crippen molar-refractivity contribution in [1.82, 2.24) is 0 Å². The lowest BCUT2D eigenvalue weighted by atomic mass is 10.2. The van der Waals surface area contributed by atoms with Gasteiger partial charge in [0.05, 0.1) is 13.7 Å². The fraction of sp³-hybridized carbons (Fsp3) is 0. The number of para-hydroxylation sites is 2. The van der Waals surface area contributed by atoms with Crippen LogP contribution in [0.5, 0.6) is 0 Å². The summed E-state index contributed by atoms with van der Waals surface area (Å²) in [7, 11) is 0. The standard InChI is InChI=1S/C18H14BrN/c19-15-11-13-18(14-12-15)20(16-7-3-1-4-8-16)17-9-5-2-6-10-17/h1-14H/i1D,2D,3D,4D,5D,6D,7D,8D,9D,10D. The van der Waals surface area contributed by atoms with Crippen LogP contribution in [0.3, 0.4) is 0 Å². The third-order valence-electron chi connectivity index (χ3n) is 2.51. The molecular weight excluding hydrogens is 310 g/mol. The molecule has 1 nitrogen and oxygen atoms in total. The van der Waals surface area contributed by atoms with E-state index in [-0.39, 0.29) is 17.1 Å². The second kappa shape index (κ2) is 5.93. The Morgan fingerprint density at radius 2 is 1.10 bits per heavy atom. The van der Waals surface area contributed by atoms with E-state index in [2.05, 4.69) is 15.9 Å². The molecule has 0 unspecified atom stereocenters. The molecule has 3 aromatic rings. The van der Waals surface area contributed by atoms with Crippen molar-refractivity contribution in [2.75, 3.05) is 4.90 Å². The maximum Gasteiger partial charge on any atom is 0.0645 e. The maximum absolute atomic E-state index is 8.32. The zero-order valence-electron chi connectivity index (χ0n) is 20.1. The lowest BCUT2D eigenvalue weighted by molar-refractivity contribution is 1.28. The number of rotatable bonds is 3. The normalized spacial score (nSPS) is 17.2. The Bertz CT molecular complexity index is 1040. The van der Waals surface area contributed by atoms with Gasteiger partial charge in [-0.05, 0) is 48.4 Å². The topological polar surface area (TPSA) is 3.24 Å². The Hall–Kier alpha value is -2.06. The number of halogens is 1. The smallest absolute Gasteiger partial charge is 0.0645 e. The maximum atomic E-state index is 8.32.